The summed E-state index contributed by atoms with van der Waals surface area (Å²) in [5.41, 5.74) is 1.05. The molecule has 9 heteroatoms. The van der Waals surface area contributed by atoms with Gasteiger partial charge < -0.3 is 13.6 Å². The first-order valence-corrected chi connectivity index (χ1v) is 10.8. The molecule has 0 aliphatic carbocycles. The maximum atomic E-state index is 12.0. The van der Waals surface area contributed by atoms with E-state index in [0.29, 0.717) is 37.1 Å². The minimum Gasteiger partial charge on any atom is -0.497 e. The Morgan fingerprint density at radius 2 is 2.00 bits per heavy atom. The Balaban J connectivity index is 1.54. The van der Waals surface area contributed by atoms with E-state index >= 15 is 0 Å². The molecule has 1 unspecified atom stereocenters. The molecule has 0 N–H and O–H groups in total. The number of methoxy groups -OCH3 is 1. The lowest BCUT2D eigenvalue weighted by molar-refractivity contribution is 0.176. The highest BCUT2D eigenvalue weighted by Gasteiger charge is 2.33. The Bertz CT molecular complexity index is 1010. The minimum absolute atomic E-state index is 0.0916. The van der Waals surface area contributed by atoms with Crippen molar-refractivity contribution < 1.29 is 22.0 Å². The smallest absolute Gasteiger partial charge is 0.283 e. The van der Waals surface area contributed by atoms with Gasteiger partial charge in [0.2, 0.25) is 5.89 Å². The molecular weight excluding hydrogens is 382 g/mol. The van der Waals surface area contributed by atoms with Gasteiger partial charge in [-0.2, -0.15) is 0 Å². The Kier molecular flexibility index (Phi) is 5.19. The van der Waals surface area contributed by atoms with Crippen molar-refractivity contribution in [1.82, 2.24) is 15.1 Å². The third-order valence-electron chi connectivity index (χ3n) is 4.81. The molecule has 1 aliphatic heterocycles. The molecule has 0 saturated carbocycles. The van der Waals surface area contributed by atoms with E-state index in [0.717, 1.165) is 11.3 Å². The van der Waals surface area contributed by atoms with E-state index in [-0.39, 0.29) is 17.5 Å². The van der Waals surface area contributed by atoms with Crippen molar-refractivity contribution in [3.63, 3.8) is 0 Å². The van der Waals surface area contributed by atoms with Crippen LogP contribution in [0, 0.1) is 0 Å². The zero-order valence-electron chi connectivity index (χ0n) is 15.4. The number of hydrogen-bond acceptors (Lipinski definition) is 8. The second-order valence-corrected chi connectivity index (χ2v) is 9.02. The van der Waals surface area contributed by atoms with Crippen LogP contribution in [0.1, 0.15) is 17.9 Å². The van der Waals surface area contributed by atoms with Crippen LogP contribution < -0.4 is 4.74 Å². The van der Waals surface area contributed by atoms with Crippen molar-refractivity contribution in [1.29, 1.82) is 0 Å². The number of furan rings is 1. The van der Waals surface area contributed by atoms with E-state index in [1.54, 1.807) is 25.5 Å². The van der Waals surface area contributed by atoms with Crippen LogP contribution in [0.5, 0.6) is 5.75 Å². The maximum Gasteiger partial charge on any atom is 0.283 e. The lowest BCUT2D eigenvalue weighted by Gasteiger charge is -2.26. The van der Waals surface area contributed by atoms with Gasteiger partial charge in [0.15, 0.2) is 15.6 Å². The number of sulfone groups is 1. The quantitative estimate of drug-likeness (QED) is 0.593. The molecule has 1 saturated heterocycles. The molecule has 4 rings (SSSR count). The summed E-state index contributed by atoms with van der Waals surface area (Å²) in [4.78, 5) is 2.08. The van der Waals surface area contributed by atoms with Crippen LogP contribution in [0.25, 0.3) is 11.7 Å². The summed E-state index contributed by atoms with van der Waals surface area (Å²) in [5, 5.41) is 8.13. The Hall–Kier alpha value is -2.65. The van der Waals surface area contributed by atoms with Crippen molar-refractivity contribution in [2.75, 3.05) is 18.6 Å². The first-order valence-electron chi connectivity index (χ1n) is 8.96. The molecule has 0 radical (unpaired) electrons. The standard InChI is InChI=1S/C19H21N3O5S/c1-25-16-6-4-14(5-7-16)11-22(15-8-10-28(23,24)13-15)12-18-20-21-19(27-18)17-3-2-9-26-17/h2-7,9,15H,8,10-13H2,1H3. The van der Waals surface area contributed by atoms with E-state index in [9.17, 15) is 8.42 Å². The summed E-state index contributed by atoms with van der Waals surface area (Å²) in [6.45, 7) is 0.933. The van der Waals surface area contributed by atoms with Crippen molar-refractivity contribution in [3.05, 3.63) is 54.1 Å². The monoisotopic (exact) mass is 403 g/mol. The van der Waals surface area contributed by atoms with Crippen LogP contribution in [0.2, 0.25) is 0 Å². The topological polar surface area (TPSA) is 98.7 Å². The van der Waals surface area contributed by atoms with E-state index < -0.39 is 9.84 Å². The van der Waals surface area contributed by atoms with Gasteiger partial charge >= 0.3 is 0 Å². The highest BCUT2D eigenvalue weighted by molar-refractivity contribution is 7.91. The molecule has 0 bridgehead atoms. The predicted octanol–water partition coefficient (Wildman–Crippen LogP) is 2.53. The highest BCUT2D eigenvalue weighted by Crippen LogP contribution is 2.24. The minimum atomic E-state index is -3.01. The highest BCUT2D eigenvalue weighted by atomic mass is 32.2. The third-order valence-corrected chi connectivity index (χ3v) is 6.56. The van der Waals surface area contributed by atoms with Crippen LogP contribution in [0.3, 0.4) is 0 Å². The second kappa shape index (κ2) is 7.76. The Morgan fingerprint density at radius 3 is 2.64 bits per heavy atom. The molecule has 2 aromatic heterocycles. The molecule has 1 atom stereocenters. The van der Waals surface area contributed by atoms with Gasteiger partial charge in [0.1, 0.15) is 5.75 Å². The van der Waals surface area contributed by atoms with Gasteiger partial charge in [-0.25, -0.2) is 8.42 Å². The molecule has 1 fully saturated rings. The van der Waals surface area contributed by atoms with Gasteiger partial charge in [-0.1, -0.05) is 12.1 Å². The van der Waals surface area contributed by atoms with Crippen LogP contribution in [-0.4, -0.2) is 48.2 Å². The third kappa shape index (κ3) is 4.26. The second-order valence-electron chi connectivity index (χ2n) is 6.79. The molecule has 3 heterocycles. The Labute approximate surface area is 163 Å². The SMILES string of the molecule is COc1ccc(CN(Cc2nnc(-c3ccco3)o2)C2CCS(=O)(=O)C2)cc1. The summed E-state index contributed by atoms with van der Waals surface area (Å²) in [5.74, 6) is 2.36. The van der Waals surface area contributed by atoms with Gasteiger partial charge in [0.05, 0.1) is 31.4 Å². The summed E-state index contributed by atoms with van der Waals surface area (Å²) < 4.78 is 40.2. The maximum absolute atomic E-state index is 12.0. The van der Waals surface area contributed by atoms with Crippen LogP contribution in [0.4, 0.5) is 0 Å². The van der Waals surface area contributed by atoms with E-state index in [1.165, 1.54) is 0 Å². The number of benzene rings is 1. The normalized spacial score (nSPS) is 18.6. The number of rotatable bonds is 7. The molecular formula is C19H21N3O5S. The average molecular weight is 403 g/mol. The van der Waals surface area contributed by atoms with E-state index in [2.05, 4.69) is 15.1 Å². The van der Waals surface area contributed by atoms with Gasteiger partial charge in [-0.3, -0.25) is 4.90 Å². The molecule has 0 spiro atoms. The van der Waals surface area contributed by atoms with Gasteiger partial charge in [0, 0.05) is 12.6 Å². The van der Waals surface area contributed by atoms with Crippen molar-refractivity contribution in [3.8, 4) is 17.4 Å². The molecule has 3 aromatic rings. The molecule has 28 heavy (non-hydrogen) atoms. The number of nitrogens with zero attached hydrogens (tertiary/aromatic N) is 3. The van der Waals surface area contributed by atoms with E-state index in [4.69, 9.17) is 13.6 Å². The lowest BCUT2D eigenvalue weighted by Crippen LogP contribution is -2.35. The van der Waals surface area contributed by atoms with Gasteiger partial charge in [0.25, 0.3) is 5.89 Å². The molecule has 0 amide bonds. The van der Waals surface area contributed by atoms with Crippen LogP contribution in [0.15, 0.2) is 51.5 Å². The molecule has 1 aromatic carbocycles. The van der Waals surface area contributed by atoms with Crippen molar-refractivity contribution >= 4 is 9.84 Å². The van der Waals surface area contributed by atoms with Gasteiger partial charge in [-0.15, -0.1) is 10.2 Å². The Morgan fingerprint density at radius 1 is 1.18 bits per heavy atom. The van der Waals surface area contributed by atoms with Crippen LogP contribution >= 0.6 is 0 Å². The zero-order chi connectivity index (χ0) is 19.6. The fourth-order valence-electron chi connectivity index (χ4n) is 3.33. The summed E-state index contributed by atoms with van der Waals surface area (Å²) >= 11 is 0. The first-order chi connectivity index (χ1) is 13.5. The predicted molar refractivity (Wildman–Crippen MR) is 101 cm³/mol. The number of ether oxygens (including phenoxy) is 1. The van der Waals surface area contributed by atoms with Crippen molar-refractivity contribution in [2.45, 2.75) is 25.6 Å². The number of hydrogen-bond donors (Lipinski definition) is 0. The van der Waals surface area contributed by atoms with E-state index in [1.807, 2.05) is 24.3 Å². The zero-order valence-corrected chi connectivity index (χ0v) is 16.3. The molecule has 1 aliphatic rings. The van der Waals surface area contributed by atoms with Crippen LogP contribution in [-0.2, 0) is 22.9 Å². The fourth-order valence-corrected chi connectivity index (χ4v) is 5.10. The fraction of sp³-hybridized carbons (Fsp3) is 0.368. The largest absolute Gasteiger partial charge is 0.497 e. The summed E-state index contributed by atoms with van der Waals surface area (Å²) in [6, 6.07) is 11.1. The first kappa shape index (κ1) is 18.7. The number of aromatic nitrogens is 2. The van der Waals surface area contributed by atoms with Crippen molar-refractivity contribution in [2.24, 2.45) is 0 Å². The average Bonchev–Trinajstić information content (AvgIpc) is 3.42. The molecule has 8 nitrogen and oxygen atoms in total. The summed E-state index contributed by atoms with van der Waals surface area (Å²) in [6.07, 6.45) is 2.14. The van der Waals surface area contributed by atoms with Gasteiger partial charge in [-0.05, 0) is 36.2 Å². The molecule has 148 valence electrons. The lowest BCUT2D eigenvalue weighted by atomic mass is 10.1. The summed E-state index contributed by atoms with van der Waals surface area (Å²) in [7, 11) is -1.39.